The molecule has 0 radical (unpaired) electrons. The van der Waals surface area contributed by atoms with Crippen molar-refractivity contribution in [2.45, 2.75) is 41.1 Å². The van der Waals surface area contributed by atoms with E-state index in [4.69, 9.17) is 0 Å². The summed E-state index contributed by atoms with van der Waals surface area (Å²) >= 11 is -1.70. The fourth-order valence-corrected chi connectivity index (χ4v) is 7.55. The fraction of sp³-hybridized carbons (Fsp3) is 1.00. The van der Waals surface area contributed by atoms with Crippen LogP contribution < -0.4 is 3.54 Å². The third kappa shape index (κ3) is 8.76. The summed E-state index contributed by atoms with van der Waals surface area (Å²) in [7, 11) is 0. The van der Waals surface area contributed by atoms with Crippen LogP contribution in [0.4, 0.5) is 0 Å². The van der Waals surface area contributed by atoms with Crippen molar-refractivity contribution in [3.63, 3.8) is 0 Å². The van der Waals surface area contributed by atoms with Gasteiger partial charge in [-0.05, 0) is 0 Å². The van der Waals surface area contributed by atoms with E-state index < -0.39 is 18.7 Å². The zero-order valence-corrected chi connectivity index (χ0v) is 10.4. The molecular formula is C7H19NSn. The van der Waals surface area contributed by atoms with Crippen LogP contribution in [0.25, 0.3) is 0 Å². The summed E-state index contributed by atoms with van der Waals surface area (Å²) in [5, 5.41) is 0. The van der Waals surface area contributed by atoms with Crippen molar-refractivity contribution >= 4 is 18.7 Å². The van der Waals surface area contributed by atoms with Gasteiger partial charge < -0.3 is 0 Å². The second-order valence-electron chi connectivity index (χ2n) is 4.62. The molecule has 0 aliphatic rings. The molecular weight excluding hydrogens is 217 g/mol. The van der Waals surface area contributed by atoms with Gasteiger partial charge in [-0.3, -0.25) is 0 Å². The fourth-order valence-electron chi connectivity index (χ4n) is 1.12. The first-order valence-electron chi connectivity index (χ1n) is 3.50. The minimum atomic E-state index is -1.70. The van der Waals surface area contributed by atoms with Crippen LogP contribution in [0.15, 0.2) is 0 Å². The summed E-state index contributed by atoms with van der Waals surface area (Å²) in [5.74, 6) is 0. The van der Waals surface area contributed by atoms with Crippen LogP contribution in [-0.2, 0) is 0 Å². The van der Waals surface area contributed by atoms with Crippen molar-refractivity contribution in [1.29, 1.82) is 0 Å². The van der Waals surface area contributed by atoms with Crippen LogP contribution in [0.3, 0.4) is 0 Å². The van der Waals surface area contributed by atoms with Crippen molar-refractivity contribution < 1.29 is 0 Å². The third-order valence-corrected chi connectivity index (χ3v) is 5.03. The maximum atomic E-state index is 3.67. The summed E-state index contributed by atoms with van der Waals surface area (Å²) < 4.78 is 3.67. The Hall–Kier alpha value is 0.759. The SMILES string of the molecule is CC(C)(C)[NH][Sn]([CH3])([CH3])[CH3]. The van der Waals surface area contributed by atoms with Crippen molar-refractivity contribution in [3.05, 3.63) is 0 Å². The minimum absolute atomic E-state index is 0.328. The molecule has 0 atom stereocenters. The molecule has 2 heteroatoms. The van der Waals surface area contributed by atoms with Gasteiger partial charge in [0.05, 0.1) is 0 Å². The molecule has 0 heterocycles. The average Bonchev–Trinajstić information content (AvgIpc) is 1.14. The van der Waals surface area contributed by atoms with Crippen molar-refractivity contribution in [2.24, 2.45) is 0 Å². The van der Waals surface area contributed by atoms with Gasteiger partial charge in [-0.25, -0.2) is 0 Å². The van der Waals surface area contributed by atoms with E-state index in [1.54, 1.807) is 0 Å². The van der Waals surface area contributed by atoms with E-state index in [0.29, 0.717) is 5.54 Å². The Kier molecular flexibility index (Phi) is 3.02. The summed E-state index contributed by atoms with van der Waals surface area (Å²) in [6.07, 6.45) is 0. The van der Waals surface area contributed by atoms with Crippen molar-refractivity contribution in [2.75, 3.05) is 0 Å². The van der Waals surface area contributed by atoms with Crippen LogP contribution in [0, 0.1) is 0 Å². The quantitative estimate of drug-likeness (QED) is 0.688. The summed E-state index contributed by atoms with van der Waals surface area (Å²) in [5.41, 5.74) is 0.328. The van der Waals surface area contributed by atoms with Gasteiger partial charge in [-0.1, -0.05) is 0 Å². The number of nitrogens with one attached hydrogen (secondary N) is 1. The molecule has 0 amide bonds. The molecule has 0 aromatic heterocycles. The predicted octanol–water partition coefficient (Wildman–Crippen LogP) is 2.21. The van der Waals surface area contributed by atoms with Crippen molar-refractivity contribution in [3.8, 4) is 0 Å². The predicted molar refractivity (Wildman–Crippen MR) is 46.2 cm³/mol. The number of rotatable bonds is 1. The molecule has 0 aliphatic heterocycles. The average molecular weight is 236 g/mol. The van der Waals surface area contributed by atoms with E-state index >= 15 is 0 Å². The van der Waals surface area contributed by atoms with Gasteiger partial charge in [0, 0.05) is 0 Å². The molecule has 0 saturated carbocycles. The van der Waals surface area contributed by atoms with Gasteiger partial charge in [-0.2, -0.15) is 0 Å². The van der Waals surface area contributed by atoms with Gasteiger partial charge in [0.2, 0.25) is 0 Å². The van der Waals surface area contributed by atoms with E-state index in [-0.39, 0.29) is 0 Å². The molecule has 0 unspecified atom stereocenters. The Bertz CT molecular complexity index is 74.1. The Morgan fingerprint density at radius 3 is 1.33 bits per heavy atom. The summed E-state index contributed by atoms with van der Waals surface area (Å²) in [4.78, 5) is 7.17. The third-order valence-electron chi connectivity index (χ3n) is 0.750. The first kappa shape index (κ1) is 9.76. The van der Waals surface area contributed by atoms with Crippen LogP contribution >= 0.6 is 0 Å². The van der Waals surface area contributed by atoms with Crippen LogP contribution in [0.2, 0.25) is 14.8 Å². The summed E-state index contributed by atoms with van der Waals surface area (Å²) in [6, 6.07) is 0. The first-order chi connectivity index (χ1) is 3.71. The number of hydrogen-bond donors (Lipinski definition) is 1. The number of hydrogen-bond acceptors (Lipinski definition) is 1. The molecule has 0 aromatic rings. The van der Waals surface area contributed by atoms with Crippen molar-refractivity contribution in [1.82, 2.24) is 3.54 Å². The second-order valence-corrected chi connectivity index (χ2v) is 18.2. The first-order valence-corrected chi connectivity index (χ1v) is 13.5. The molecule has 0 rings (SSSR count). The molecule has 9 heavy (non-hydrogen) atoms. The zero-order valence-electron chi connectivity index (χ0n) is 7.50. The van der Waals surface area contributed by atoms with Gasteiger partial charge in [0.1, 0.15) is 0 Å². The van der Waals surface area contributed by atoms with Gasteiger partial charge >= 0.3 is 63.3 Å². The molecule has 0 saturated heterocycles. The van der Waals surface area contributed by atoms with Gasteiger partial charge in [-0.15, -0.1) is 0 Å². The van der Waals surface area contributed by atoms with E-state index in [1.807, 2.05) is 0 Å². The molecule has 0 aromatic carbocycles. The van der Waals surface area contributed by atoms with Crippen LogP contribution in [-0.4, -0.2) is 24.2 Å². The van der Waals surface area contributed by atoms with E-state index in [9.17, 15) is 0 Å². The van der Waals surface area contributed by atoms with Crippen LogP contribution in [0.5, 0.6) is 0 Å². The Morgan fingerprint density at radius 2 is 1.33 bits per heavy atom. The standard InChI is InChI=1S/C4H10N.3CH3.Sn/c1-4(2,3)5;;;;/h5H,1-3H3;3*1H3;/q-1;;;;+1. The van der Waals surface area contributed by atoms with E-state index in [2.05, 4.69) is 39.1 Å². The Labute approximate surface area is 63.5 Å². The second kappa shape index (κ2) is 2.79. The van der Waals surface area contributed by atoms with E-state index in [0.717, 1.165) is 0 Å². The van der Waals surface area contributed by atoms with Crippen LogP contribution in [0.1, 0.15) is 20.8 Å². The molecule has 0 bridgehead atoms. The Morgan fingerprint density at radius 1 is 1.00 bits per heavy atom. The normalized spacial score (nSPS) is 14.0. The molecule has 0 fully saturated rings. The molecule has 56 valence electrons. The van der Waals surface area contributed by atoms with E-state index in [1.165, 1.54) is 0 Å². The molecule has 1 nitrogen and oxygen atoms in total. The Balaban J connectivity index is 3.75. The topological polar surface area (TPSA) is 12.0 Å². The molecule has 1 N–H and O–H groups in total. The summed E-state index contributed by atoms with van der Waals surface area (Å²) in [6.45, 7) is 6.69. The maximum absolute atomic E-state index is 3.67. The molecule has 0 aliphatic carbocycles. The van der Waals surface area contributed by atoms with Gasteiger partial charge in [0.15, 0.2) is 0 Å². The van der Waals surface area contributed by atoms with Gasteiger partial charge in [0.25, 0.3) is 0 Å². The zero-order chi connectivity index (χ0) is 7.71. The monoisotopic (exact) mass is 237 g/mol. The molecule has 0 spiro atoms.